The lowest BCUT2D eigenvalue weighted by molar-refractivity contribution is 0.0992. The van der Waals surface area contributed by atoms with Crippen molar-refractivity contribution in [1.82, 2.24) is 10.2 Å². The minimum Gasteiger partial charge on any atom is -0.375 e. The Morgan fingerprint density at radius 2 is 1.90 bits per heavy atom. The second-order valence-corrected chi connectivity index (χ2v) is 6.05. The molecule has 0 spiro atoms. The van der Waals surface area contributed by atoms with Crippen LogP contribution in [0.2, 0.25) is 0 Å². The number of hydrogen-bond donors (Lipinski definition) is 1. The van der Waals surface area contributed by atoms with E-state index in [-0.39, 0.29) is 0 Å². The molecule has 0 amide bonds. The van der Waals surface area contributed by atoms with Crippen molar-refractivity contribution in [3.8, 4) is 0 Å². The highest BCUT2D eigenvalue weighted by Gasteiger charge is 2.10. The van der Waals surface area contributed by atoms with Gasteiger partial charge in [-0.25, -0.2) is 0 Å². The first-order chi connectivity index (χ1) is 10.3. The topological polar surface area (TPSA) is 24.5 Å². The van der Waals surface area contributed by atoms with Gasteiger partial charge in [0.2, 0.25) is 0 Å². The molecular weight excluding hydrogens is 260 g/mol. The zero-order chi connectivity index (χ0) is 14.9. The van der Waals surface area contributed by atoms with E-state index in [1.807, 2.05) is 0 Å². The first kappa shape index (κ1) is 16.5. The molecule has 21 heavy (non-hydrogen) atoms. The van der Waals surface area contributed by atoms with E-state index < -0.39 is 0 Å². The Balaban J connectivity index is 1.66. The van der Waals surface area contributed by atoms with E-state index in [1.54, 1.807) is 0 Å². The molecule has 1 aliphatic rings. The quantitative estimate of drug-likeness (QED) is 0.708. The Morgan fingerprint density at radius 3 is 2.57 bits per heavy atom. The maximum Gasteiger partial charge on any atom is 0.0717 e. The molecule has 1 unspecified atom stereocenters. The summed E-state index contributed by atoms with van der Waals surface area (Å²) in [7, 11) is 0. The van der Waals surface area contributed by atoms with Crippen LogP contribution in [0.3, 0.4) is 0 Å². The zero-order valence-corrected chi connectivity index (χ0v) is 13.6. The van der Waals surface area contributed by atoms with Gasteiger partial charge in [-0.1, -0.05) is 38.1 Å². The predicted octanol–water partition coefficient (Wildman–Crippen LogP) is 3.01. The van der Waals surface area contributed by atoms with Gasteiger partial charge in [0.25, 0.3) is 0 Å². The van der Waals surface area contributed by atoms with Crippen LogP contribution in [-0.2, 0) is 11.3 Å². The van der Waals surface area contributed by atoms with Crippen molar-refractivity contribution in [2.24, 2.45) is 0 Å². The molecule has 3 nitrogen and oxygen atoms in total. The maximum atomic E-state index is 5.79. The lowest BCUT2D eigenvalue weighted by Gasteiger charge is -2.15. The molecule has 1 fully saturated rings. The van der Waals surface area contributed by atoms with Crippen molar-refractivity contribution in [1.29, 1.82) is 0 Å². The summed E-state index contributed by atoms with van der Waals surface area (Å²) < 4.78 is 5.79. The van der Waals surface area contributed by atoms with E-state index in [9.17, 15) is 0 Å². The molecule has 0 radical (unpaired) electrons. The summed E-state index contributed by atoms with van der Waals surface area (Å²) in [5.41, 5.74) is 2.67. The summed E-state index contributed by atoms with van der Waals surface area (Å²) >= 11 is 0. The predicted molar refractivity (Wildman–Crippen MR) is 88.7 cm³/mol. The molecule has 3 heteroatoms. The Hall–Kier alpha value is -0.900. The second-order valence-electron chi connectivity index (χ2n) is 6.05. The summed E-state index contributed by atoms with van der Waals surface area (Å²) in [6.07, 6.45) is 2.71. The average molecular weight is 290 g/mol. The highest BCUT2D eigenvalue weighted by molar-refractivity contribution is 5.24. The van der Waals surface area contributed by atoms with Gasteiger partial charge in [-0.3, -0.25) is 0 Å². The SMILES string of the molecule is CCNCC(C)c1ccc(COCCN2CCCC2)cc1. The van der Waals surface area contributed by atoms with Gasteiger partial charge < -0.3 is 15.0 Å². The number of hydrogen-bond acceptors (Lipinski definition) is 3. The van der Waals surface area contributed by atoms with E-state index in [4.69, 9.17) is 4.74 Å². The van der Waals surface area contributed by atoms with Gasteiger partial charge in [0.1, 0.15) is 0 Å². The van der Waals surface area contributed by atoms with Crippen molar-refractivity contribution in [2.45, 2.75) is 39.2 Å². The fraction of sp³-hybridized carbons (Fsp3) is 0.667. The molecule has 0 saturated carbocycles. The van der Waals surface area contributed by atoms with Crippen molar-refractivity contribution in [2.75, 3.05) is 39.3 Å². The van der Waals surface area contributed by atoms with Crippen molar-refractivity contribution >= 4 is 0 Å². The van der Waals surface area contributed by atoms with Crippen molar-refractivity contribution in [3.05, 3.63) is 35.4 Å². The van der Waals surface area contributed by atoms with E-state index >= 15 is 0 Å². The lowest BCUT2D eigenvalue weighted by Crippen LogP contribution is -2.23. The Kier molecular flexibility index (Phi) is 7.20. The fourth-order valence-corrected chi connectivity index (χ4v) is 2.81. The molecule has 2 rings (SSSR count). The molecule has 1 N–H and O–H groups in total. The molecule has 1 heterocycles. The van der Waals surface area contributed by atoms with Crippen molar-refractivity contribution in [3.63, 3.8) is 0 Å². The minimum absolute atomic E-state index is 0.565. The third kappa shape index (κ3) is 5.77. The van der Waals surface area contributed by atoms with Crippen LogP contribution in [0.25, 0.3) is 0 Å². The van der Waals surface area contributed by atoms with E-state index in [0.717, 1.165) is 32.8 Å². The smallest absolute Gasteiger partial charge is 0.0717 e. The van der Waals surface area contributed by atoms with E-state index in [2.05, 4.69) is 48.3 Å². The number of ether oxygens (including phenoxy) is 1. The molecule has 1 aromatic rings. The molecule has 0 aromatic heterocycles. The van der Waals surface area contributed by atoms with Gasteiger partial charge in [-0.2, -0.15) is 0 Å². The number of likely N-dealkylation sites (N-methyl/N-ethyl adjacent to an activating group) is 1. The second kappa shape index (κ2) is 9.19. The van der Waals surface area contributed by atoms with Gasteiger partial charge in [0.05, 0.1) is 13.2 Å². The normalized spacial score (nSPS) is 17.2. The number of likely N-dealkylation sites (tertiary alicyclic amines) is 1. The highest BCUT2D eigenvalue weighted by Crippen LogP contribution is 2.15. The third-order valence-electron chi connectivity index (χ3n) is 4.27. The molecular formula is C18H30N2O. The lowest BCUT2D eigenvalue weighted by atomic mass is 10.00. The van der Waals surface area contributed by atoms with Crippen LogP contribution in [0, 0.1) is 0 Å². The first-order valence-electron chi connectivity index (χ1n) is 8.39. The van der Waals surface area contributed by atoms with Gasteiger partial charge in [-0.15, -0.1) is 0 Å². The number of benzene rings is 1. The van der Waals surface area contributed by atoms with E-state index in [1.165, 1.54) is 37.1 Å². The van der Waals surface area contributed by atoms with Gasteiger partial charge in [-0.05, 0) is 49.5 Å². The molecule has 118 valence electrons. The summed E-state index contributed by atoms with van der Waals surface area (Å²) in [6.45, 7) is 11.7. The summed E-state index contributed by atoms with van der Waals surface area (Å²) in [5, 5.41) is 3.40. The first-order valence-corrected chi connectivity index (χ1v) is 8.39. The number of rotatable bonds is 9. The molecule has 0 bridgehead atoms. The fourth-order valence-electron chi connectivity index (χ4n) is 2.81. The van der Waals surface area contributed by atoms with Crippen molar-refractivity contribution < 1.29 is 4.74 Å². The van der Waals surface area contributed by atoms with Crippen LogP contribution in [0.4, 0.5) is 0 Å². The average Bonchev–Trinajstić information content (AvgIpc) is 3.03. The number of nitrogens with one attached hydrogen (secondary N) is 1. The van der Waals surface area contributed by atoms with Gasteiger partial charge >= 0.3 is 0 Å². The third-order valence-corrected chi connectivity index (χ3v) is 4.27. The molecule has 1 aliphatic heterocycles. The summed E-state index contributed by atoms with van der Waals surface area (Å²) in [6, 6.07) is 8.88. The van der Waals surface area contributed by atoms with Gasteiger partial charge in [0.15, 0.2) is 0 Å². The summed E-state index contributed by atoms with van der Waals surface area (Å²) in [4.78, 5) is 2.49. The highest BCUT2D eigenvalue weighted by atomic mass is 16.5. The van der Waals surface area contributed by atoms with Crippen LogP contribution in [0.15, 0.2) is 24.3 Å². The van der Waals surface area contributed by atoms with Crippen LogP contribution in [-0.4, -0.2) is 44.2 Å². The molecule has 1 aromatic carbocycles. The van der Waals surface area contributed by atoms with Crippen LogP contribution >= 0.6 is 0 Å². The Bertz CT molecular complexity index is 385. The minimum atomic E-state index is 0.565. The molecule has 0 aliphatic carbocycles. The standard InChI is InChI=1S/C18H30N2O/c1-3-19-14-16(2)18-8-6-17(7-9-18)15-21-13-12-20-10-4-5-11-20/h6-9,16,19H,3-5,10-15H2,1-2H3. The van der Waals surface area contributed by atoms with Crippen LogP contribution in [0.5, 0.6) is 0 Å². The Labute approximate surface area is 129 Å². The zero-order valence-electron chi connectivity index (χ0n) is 13.6. The maximum absolute atomic E-state index is 5.79. The van der Waals surface area contributed by atoms with Crippen LogP contribution in [0.1, 0.15) is 43.7 Å². The van der Waals surface area contributed by atoms with Gasteiger partial charge in [0, 0.05) is 13.1 Å². The van der Waals surface area contributed by atoms with E-state index in [0.29, 0.717) is 5.92 Å². The summed E-state index contributed by atoms with van der Waals surface area (Å²) in [5.74, 6) is 0.565. The van der Waals surface area contributed by atoms with Crippen LogP contribution < -0.4 is 5.32 Å². The largest absolute Gasteiger partial charge is 0.375 e. The number of nitrogens with zero attached hydrogens (tertiary/aromatic N) is 1. The molecule has 1 saturated heterocycles. The Morgan fingerprint density at radius 1 is 1.19 bits per heavy atom. The monoisotopic (exact) mass is 290 g/mol. The molecule has 1 atom stereocenters.